The lowest BCUT2D eigenvalue weighted by Gasteiger charge is -2.12. The summed E-state index contributed by atoms with van der Waals surface area (Å²) in [6.07, 6.45) is 2.19. The number of aromatic nitrogens is 4. The van der Waals surface area contributed by atoms with Gasteiger partial charge in [0.1, 0.15) is 0 Å². The summed E-state index contributed by atoms with van der Waals surface area (Å²) in [4.78, 5) is 12.6. The maximum Gasteiger partial charge on any atom is 0.255 e. The van der Waals surface area contributed by atoms with Gasteiger partial charge in [-0.1, -0.05) is 11.6 Å². The molecule has 0 bridgehead atoms. The van der Waals surface area contributed by atoms with Gasteiger partial charge in [-0.25, -0.2) is 4.68 Å². The first-order valence-corrected chi connectivity index (χ1v) is 9.09. The van der Waals surface area contributed by atoms with Crippen molar-refractivity contribution < 1.29 is 14.3 Å². The van der Waals surface area contributed by atoms with Crippen LogP contribution in [0.2, 0.25) is 5.02 Å². The van der Waals surface area contributed by atoms with E-state index in [0.717, 1.165) is 24.2 Å². The maximum absolute atomic E-state index is 12.6. The Morgan fingerprint density at radius 3 is 2.57 bits per heavy atom. The Morgan fingerprint density at radius 2 is 1.93 bits per heavy atom. The molecule has 2 aromatic carbocycles. The minimum absolute atomic E-state index is 0.300. The molecule has 4 rings (SSSR count). The monoisotopic (exact) mass is 399 g/mol. The van der Waals surface area contributed by atoms with E-state index < -0.39 is 0 Å². The van der Waals surface area contributed by atoms with E-state index in [9.17, 15) is 4.79 Å². The lowest BCUT2D eigenvalue weighted by Crippen LogP contribution is -2.12. The maximum atomic E-state index is 12.6. The highest BCUT2D eigenvalue weighted by Crippen LogP contribution is 2.37. The lowest BCUT2D eigenvalue weighted by molar-refractivity contribution is 0.102. The average molecular weight is 400 g/mol. The van der Waals surface area contributed by atoms with Crippen LogP contribution in [0.25, 0.3) is 11.4 Å². The Bertz CT molecular complexity index is 1010. The van der Waals surface area contributed by atoms with E-state index in [0.29, 0.717) is 33.8 Å². The lowest BCUT2D eigenvalue weighted by atomic mass is 10.1. The van der Waals surface area contributed by atoms with Crippen LogP contribution >= 0.6 is 11.6 Å². The molecule has 3 aromatic rings. The summed E-state index contributed by atoms with van der Waals surface area (Å²) in [5, 5.41) is 15.1. The number of nitrogens with zero attached hydrogens (tertiary/aromatic N) is 4. The Hall–Kier alpha value is -3.13. The van der Waals surface area contributed by atoms with Crippen molar-refractivity contribution in [2.75, 3.05) is 19.5 Å². The zero-order valence-electron chi connectivity index (χ0n) is 15.3. The molecule has 1 N–H and O–H groups in total. The molecule has 9 heteroatoms. The van der Waals surface area contributed by atoms with Crippen LogP contribution < -0.4 is 14.8 Å². The molecular weight excluding hydrogens is 382 g/mol. The van der Waals surface area contributed by atoms with Gasteiger partial charge in [0.15, 0.2) is 17.3 Å². The minimum Gasteiger partial charge on any atom is -0.493 e. The zero-order chi connectivity index (χ0) is 19.7. The predicted molar refractivity (Wildman–Crippen MR) is 104 cm³/mol. The number of tetrazole rings is 1. The Kier molecular flexibility index (Phi) is 4.87. The van der Waals surface area contributed by atoms with Gasteiger partial charge in [-0.2, -0.15) is 0 Å². The van der Waals surface area contributed by atoms with Crippen molar-refractivity contribution in [1.82, 2.24) is 20.2 Å². The second kappa shape index (κ2) is 7.47. The van der Waals surface area contributed by atoms with Gasteiger partial charge in [0, 0.05) is 16.8 Å². The molecule has 0 aliphatic heterocycles. The summed E-state index contributed by atoms with van der Waals surface area (Å²) in [6, 6.07) is 10.9. The van der Waals surface area contributed by atoms with E-state index in [4.69, 9.17) is 21.1 Å². The van der Waals surface area contributed by atoms with Crippen LogP contribution in [0.4, 0.5) is 5.69 Å². The summed E-state index contributed by atoms with van der Waals surface area (Å²) in [7, 11) is 2.98. The highest BCUT2D eigenvalue weighted by Gasteiger charge is 2.28. The van der Waals surface area contributed by atoms with Gasteiger partial charge in [-0.05, 0) is 59.7 Å². The molecule has 28 heavy (non-hydrogen) atoms. The van der Waals surface area contributed by atoms with Gasteiger partial charge < -0.3 is 14.8 Å². The Labute approximate surface area is 166 Å². The van der Waals surface area contributed by atoms with E-state index in [1.54, 1.807) is 6.07 Å². The number of carbonyl (C=O) groups excluding carboxylic acids is 1. The smallest absolute Gasteiger partial charge is 0.255 e. The van der Waals surface area contributed by atoms with E-state index in [1.165, 1.54) is 20.3 Å². The summed E-state index contributed by atoms with van der Waals surface area (Å²) in [5.41, 5.74) is 1.90. The van der Waals surface area contributed by atoms with Crippen LogP contribution in [0.1, 0.15) is 29.2 Å². The molecule has 1 heterocycles. The molecule has 0 saturated heterocycles. The molecule has 144 valence electrons. The third-order valence-electron chi connectivity index (χ3n) is 4.48. The number of carbonyl (C=O) groups is 1. The molecule has 1 aliphatic carbocycles. The molecular formula is C19H18ClN5O3. The van der Waals surface area contributed by atoms with Crippen LogP contribution in [0.5, 0.6) is 11.5 Å². The largest absolute Gasteiger partial charge is 0.493 e. The van der Waals surface area contributed by atoms with E-state index >= 15 is 0 Å². The van der Waals surface area contributed by atoms with Gasteiger partial charge >= 0.3 is 0 Å². The second-order valence-corrected chi connectivity index (χ2v) is 6.81. The topological polar surface area (TPSA) is 91.2 Å². The normalized spacial score (nSPS) is 13.2. The van der Waals surface area contributed by atoms with Crippen LogP contribution in [-0.2, 0) is 0 Å². The fourth-order valence-electron chi connectivity index (χ4n) is 2.90. The van der Waals surface area contributed by atoms with Crippen LogP contribution in [-0.4, -0.2) is 40.3 Å². The van der Waals surface area contributed by atoms with Crippen LogP contribution in [0.15, 0.2) is 36.4 Å². The van der Waals surface area contributed by atoms with Crippen molar-refractivity contribution in [3.8, 4) is 22.9 Å². The first kappa shape index (κ1) is 18.2. The molecule has 1 aliphatic rings. The number of nitrogens with one attached hydrogen (secondary N) is 1. The fraction of sp³-hybridized carbons (Fsp3) is 0.263. The molecule has 1 aromatic heterocycles. The standard InChI is InChI=1S/C19H18ClN5O3/c1-27-16-10-12(9-15(20)17(16)28-2)19(26)21-13-5-3-11(4-6-13)18-22-23-24-25(18)14-7-8-14/h3-6,9-10,14H,7-8H2,1-2H3,(H,21,26). The van der Waals surface area contributed by atoms with Crippen LogP contribution in [0, 0.1) is 0 Å². The van der Waals surface area contributed by atoms with Gasteiger partial charge in [-0.15, -0.1) is 5.10 Å². The zero-order valence-corrected chi connectivity index (χ0v) is 16.1. The van der Waals surface area contributed by atoms with E-state index in [-0.39, 0.29) is 5.91 Å². The highest BCUT2D eigenvalue weighted by molar-refractivity contribution is 6.32. The van der Waals surface area contributed by atoms with E-state index in [1.807, 2.05) is 28.9 Å². The molecule has 0 spiro atoms. The summed E-state index contributed by atoms with van der Waals surface area (Å²) >= 11 is 6.18. The molecule has 0 radical (unpaired) electrons. The van der Waals surface area contributed by atoms with Crippen molar-refractivity contribution in [2.24, 2.45) is 0 Å². The molecule has 0 atom stereocenters. The minimum atomic E-state index is -0.307. The number of amides is 1. The highest BCUT2D eigenvalue weighted by atomic mass is 35.5. The summed E-state index contributed by atoms with van der Waals surface area (Å²) < 4.78 is 12.3. The summed E-state index contributed by atoms with van der Waals surface area (Å²) in [6.45, 7) is 0. The molecule has 0 unspecified atom stereocenters. The van der Waals surface area contributed by atoms with Gasteiger partial charge in [0.25, 0.3) is 5.91 Å². The Balaban J connectivity index is 1.52. The number of rotatable bonds is 6. The number of halogens is 1. The summed E-state index contributed by atoms with van der Waals surface area (Å²) in [5.74, 6) is 1.20. The van der Waals surface area contributed by atoms with Gasteiger partial charge in [-0.3, -0.25) is 4.79 Å². The fourth-order valence-corrected chi connectivity index (χ4v) is 3.19. The second-order valence-electron chi connectivity index (χ2n) is 6.40. The van der Waals surface area contributed by atoms with Crippen molar-refractivity contribution in [3.05, 3.63) is 47.0 Å². The van der Waals surface area contributed by atoms with Gasteiger partial charge in [0.2, 0.25) is 0 Å². The molecule has 1 saturated carbocycles. The number of ether oxygens (including phenoxy) is 2. The van der Waals surface area contributed by atoms with Crippen LogP contribution in [0.3, 0.4) is 0 Å². The average Bonchev–Trinajstić information content (AvgIpc) is 3.44. The van der Waals surface area contributed by atoms with Crippen molar-refractivity contribution >= 4 is 23.2 Å². The molecule has 8 nitrogen and oxygen atoms in total. The predicted octanol–water partition coefficient (Wildman–Crippen LogP) is 3.60. The number of anilines is 1. The number of hydrogen-bond acceptors (Lipinski definition) is 6. The number of benzene rings is 2. The van der Waals surface area contributed by atoms with Crippen molar-refractivity contribution in [2.45, 2.75) is 18.9 Å². The number of hydrogen-bond donors (Lipinski definition) is 1. The van der Waals surface area contributed by atoms with Crippen molar-refractivity contribution in [1.29, 1.82) is 0 Å². The first-order valence-electron chi connectivity index (χ1n) is 8.72. The number of methoxy groups -OCH3 is 2. The third kappa shape index (κ3) is 3.50. The van der Waals surface area contributed by atoms with Gasteiger partial charge in [0.05, 0.1) is 25.3 Å². The molecule has 1 amide bonds. The molecule has 1 fully saturated rings. The van der Waals surface area contributed by atoms with Crippen molar-refractivity contribution in [3.63, 3.8) is 0 Å². The third-order valence-corrected chi connectivity index (χ3v) is 4.76. The first-order chi connectivity index (χ1) is 13.6. The van der Waals surface area contributed by atoms with E-state index in [2.05, 4.69) is 20.8 Å². The quantitative estimate of drug-likeness (QED) is 0.681. The SMILES string of the molecule is COc1cc(C(=O)Nc2ccc(-c3nnnn3C3CC3)cc2)cc(Cl)c1OC. The Morgan fingerprint density at radius 1 is 1.18 bits per heavy atom.